The first kappa shape index (κ1) is 14.9. The molecule has 2 aliphatic rings. The molecular formula is C14H19N3O2S2. The van der Waals surface area contributed by atoms with Gasteiger partial charge in [0.2, 0.25) is 5.91 Å². The Bertz CT molecular complexity index is 492. The molecule has 0 aliphatic carbocycles. The molecule has 1 unspecified atom stereocenters. The molecule has 2 N–H and O–H groups in total. The average molecular weight is 325 g/mol. The van der Waals surface area contributed by atoms with Crippen LogP contribution >= 0.6 is 23.1 Å². The van der Waals surface area contributed by atoms with E-state index in [9.17, 15) is 9.59 Å². The van der Waals surface area contributed by atoms with Gasteiger partial charge in [-0.1, -0.05) is 6.07 Å². The molecule has 3 rings (SSSR count). The Hall–Kier alpha value is -1.05. The maximum Gasteiger partial charge on any atom is 0.261 e. The number of rotatable bonds is 3. The van der Waals surface area contributed by atoms with E-state index < -0.39 is 0 Å². The molecule has 2 aliphatic heterocycles. The minimum Gasteiger partial charge on any atom is -0.348 e. The quantitative estimate of drug-likeness (QED) is 0.875. The first-order valence-electron chi connectivity index (χ1n) is 7.18. The van der Waals surface area contributed by atoms with E-state index >= 15 is 0 Å². The second-order valence-corrected chi connectivity index (χ2v) is 7.30. The number of carbonyl (C=O) groups is 2. The molecule has 0 saturated carbocycles. The van der Waals surface area contributed by atoms with Gasteiger partial charge < -0.3 is 10.2 Å². The van der Waals surface area contributed by atoms with Gasteiger partial charge in [-0.2, -0.15) is 0 Å². The van der Waals surface area contributed by atoms with Gasteiger partial charge in [-0.25, -0.2) is 0 Å². The van der Waals surface area contributed by atoms with Crippen LogP contribution in [0, 0.1) is 0 Å². The van der Waals surface area contributed by atoms with Gasteiger partial charge >= 0.3 is 0 Å². The summed E-state index contributed by atoms with van der Waals surface area (Å²) >= 11 is 3.22. The lowest BCUT2D eigenvalue weighted by Gasteiger charge is -2.33. The number of thiophene rings is 1. The average Bonchev–Trinajstić information content (AvgIpc) is 3.20. The maximum atomic E-state index is 12.3. The van der Waals surface area contributed by atoms with Gasteiger partial charge in [0.05, 0.1) is 10.9 Å². The number of nitrogens with zero attached hydrogens (tertiary/aromatic N) is 1. The predicted molar refractivity (Wildman–Crippen MR) is 85.6 cm³/mol. The SMILES string of the molecule is O=C(NC1CCN(C(=O)C2CSCN2)CC1)c1cccs1. The lowest BCUT2D eigenvalue weighted by atomic mass is 10.0. The highest BCUT2D eigenvalue weighted by molar-refractivity contribution is 7.99. The van der Waals surface area contributed by atoms with Crippen molar-refractivity contribution in [2.45, 2.75) is 24.9 Å². The molecule has 1 aromatic heterocycles. The monoisotopic (exact) mass is 325 g/mol. The van der Waals surface area contributed by atoms with Gasteiger partial charge in [-0.15, -0.1) is 23.1 Å². The van der Waals surface area contributed by atoms with Gasteiger partial charge in [0.15, 0.2) is 0 Å². The summed E-state index contributed by atoms with van der Waals surface area (Å²) in [5, 5.41) is 8.19. The number of hydrogen-bond acceptors (Lipinski definition) is 5. The summed E-state index contributed by atoms with van der Waals surface area (Å²) in [4.78, 5) is 27.0. The maximum absolute atomic E-state index is 12.3. The number of carbonyl (C=O) groups excluding carboxylic acids is 2. The topological polar surface area (TPSA) is 61.4 Å². The van der Waals surface area contributed by atoms with Crippen LogP contribution in [0.15, 0.2) is 17.5 Å². The number of amides is 2. The smallest absolute Gasteiger partial charge is 0.261 e. The van der Waals surface area contributed by atoms with Crippen molar-refractivity contribution >= 4 is 34.9 Å². The fourth-order valence-corrected chi connectivity index (χ4v) is 4.24. The minimum absolute atomic E-state index is 0.00337. The zero-order valence-electron chi connectivity index (χ0n) is 11.7. The molecule has 0 spiro atoms. The Morgan fingerprint density at radius 1 is 1.33 bits per heavy atom. The Morgan fingerprint density at radius 3 is 2.76 bits per heavy atom. The third-order valence-corrected chi connectivity index (χ3v) is 5.71. The highest BCUT2D eigenvalue weighted by Crippen LogP contribution is 2.17. The first-order valence-corrected chi connectivity index (χ1v) is 9.22. The summed E-state index contributed by atoms with van der Waals surface area (Å²) in [5.74, 6) is 1.95. The molecule has 21 heavy (non-hydrogen) atoms. The number of hydrogen-bond donors (Lipinski definition) is 2. The third-order valence-electron chi connectivity index (χ3n) is 3.90. The third kappa shape index (κ3) is 3.59. The van der Waals surface area contributed by atoms with Crippen molar-refractivity contribution in [1.29, 1.82) is 0 Å². The van der Waals surface area contributed by atoms with Crippen LogP contribution in [-0.2, 0) is 4.79 Å². The zero-order chi connectivity index (χ0) is 14.7. The normalized spacial score (nSPS) is 23.2. The molecule has 3 heterocycles. The van der Waals surface area contributed by atoms with Gasteiger partial charge in [0.1, 0.15) is 0 Å². The fraction of sp³-hybridized carbons (Fsp3) is 0.571. The van der Waals surface area contributed by atoms with E-state index in [0.717, 1.165) is 42.4 Å². The predicted octanol–water partition coefficient (Wildman–Crippen LogP) is 1.13. The van der Waals surface area contributed by atoms with Crippen molar-refractivity contribution in [2.75, 3.05) is 24.7 Å². The Morgan fingerprint density at radius 2 is 2.14 bits per heavy atom. The molecule has 2 amide bonds. The number of thioether (sulfide) groups is 1. The molecule has 0 bridgehead atoms. The molecule has 114 valence electrons. The summed E-state index contributed by atoms with van der Waals surface area (Å²) in [5.41, 5.74) is 0. The zero-order valence-corrected chi connectivity index (χ0v) is 13.3. The first-order chi connectivity index (χ1) is 10.2. The van der Waals surface area contributed by atoms with Gasteiger partial charge in [-0.3, -0.25) is 14.9 Å². The van der Waals surface area contributed by atoms with Crippen molar-refractivity contribution in [3.63, 3.8) is 0 Å². The second-order valence-electron chi connectivity index (χ2n) is 5.32. The van der Waals surface area contributed by atoms with Crippen molar-refractivity contribution in [1.82, 2.24) is 15.5 Å². The standard InChI is InChI=1S/C14H19N3O2S2/c18-13(12-2-1-7-21-12)16-10-3-5-17(6-4-10)14(19)11-8-20-9-15-11/h1-2,7,10-11,15H,3-6,8-9H2,(H,16,18). The van der Waals surface area contributed by atoms with E-state index in [2.05, 4.69) is 10.6 Å². The number of nitrogens with one attached hydrogen (secondary N) is 2. The summed E-state index contributed by atoms with van der Waals surface area (Å²) in [6, 6.07) is 3.87. The molecule has 2 fully saturated rings. The van der Waals surface area contributed by atoms with Crippen molar-refractivity contribution in [3.8, 4) is 0 Å². The van der Waals surface area contributed by atoms with Crippen LogP contribution < -0.4 is 10.6 Å². The molecule has 1 aromatic rings. The van der Waals surface area contributed by atoms with Crippen LogP contribution in [0.1, 0.15) is 22.5 Å². The van der Waals surface area contributed by atoms with E-state index in [1.807, 2.05) is 22.4 Å². The molecular weight excluding hydrogens is 306 g/mol. The van der Waals surface area contributed by atoms with E-state index in [0.29, 0.717) is 0 Å². The lowest BCUT2D eigenvalue weighted by molar-refractivity contribution is -0.133. The minimum atomic E-state index is -0.0211. The lowest BCUT2D eigenvalue weighted by Crippen LogP contribution is -2.51. The number of piperidine rings is 1. The van der Waals surface area contributed by atoms with E-state index in [1.165, 1.54) is 11.3 Å². The summed E-state index contributed by atoms with van der Waals surface area (Å²) < 4.78 is 0. The van der Waals surface area contributed by atoms with E-state index in [-0.39, 0.29) is 23.9 Å². The van der Waals surface area contributed by atoms with Gasteiger partial charge in [-0.05, 0) is 24.3 Å². The van der Waals surface area contributed by atoms with Crippen LogP contribution in [0.4, 0.5) is 0 Å². The molecule has 0 aromatic carbocycles. The summed E-state index contributed by atoms with van der Waals surface area (Å²) in [6.07, 6.45) is 1.67. The van der Waals surface area contributed by atoms with Crippen LogP contribution in [-0.4, -0.2) is 53.5 Å². The number of likely N-dealkylation sites (tertiary alicyclic amines) is 1. The summed E-state index contributed by atoms with van der Waals surface area (Å²) in [6.45, 7) is 1.47. The molecule has 5 nitrogen and oxygen atoms in total. The molecule has 7 heteroatoms. The second kappa shape index (κ2) is 6.81. The largest absolute Gasteiger partial charge is 0.348 e. The summed E-state index contributed by atoms with van der Waals surface area (Å²) in [7, 11) is 0. The van der Waals surface area contributed by atoms with Crippen molar-refractivity contribution in [2.24, 2.45) is 0 Å². The fourth-order valence-electron chi connectivity index (χ4n) is 2.68. The van der Waals surface area contributed by atoms with Crippen LogP contribution in [0.3, 0.4) is 0 Å². The van der Waals surface area contributed by atoms with Crippen LogP contribution in [0.25, 0.3) is 0 Å². The van der Waals surface area contributed by atoms with Crippen LogP contribution in [0.2, 0.25) is 0 Å². The molecule has 2 saturated heterocycles. The van der Waals surface area contributed by atoms with Crippen LogP contribution in [0.5, 0.6) is 0 Å². The van der Waals surface area contributed by atoms with Gasteiger partial charge in [0.25, 0.3) is 5.91 Å². The highest BCUT2D eigenvalue weighted by atomic mass is 32.2. The van der Waals surface area contributed by atoms with Gasteiger partial charge in [0, 0.05) is 30.8 Å². The molecule has 0 radical (unpaired) electrons. The van der Waals surface area contributed by atoms with Crippen molar-refractivity contribution in [3.05, 3.63) is 22.4 Å². The Labute approximate surface area is 132 Å². The molecule has 1 atom stereocenters. The van der Waals surface area contributed by atoms with E-state index in [1.54, 1.807) is 11.8 Å². The Kier molecular flexibility index (Phi) is 4.82. The van der Waals surface area contributed by atoms with Crippen molar-refractivity contribution < 1.29 is 9.59 Å². The van der Waals surface area contributed by atoms with E-state index in [4.69, 9.17) is 0 Å². The Balaban J connectivity index is 1.46. The highest BCUT2D eigenvalue weighted by Gasteiger charge is 2.30.